The molecule has 0 saturated carbocycles. The van der Waals surface area contributed by atoms with Gasteiger partial charge in [-0.05, 0) is 60.4 Å². The number of hydrogen-bond acceptors (Lipinski definition) is 5. The molecule has 7 heteroatoms. The third kappa shape index (κ3) is 7.07. The van der Waals surface area contributed by atoms with Crippen LogP contribution in [0.5, 0.6) is 11.5 Å². The van der Waals surface area contributed by atoms with Gasteiger partial charge in [0.05, 0.1) is 19.3 Å². The minimum Gasteiger partial charge on any atom is -0.493 e. The number of benzene rings is 2. The maximum Gasteiger partial charge on any atom is 0.257 e. The highest BCUT2D eigenvalue weighted by Gasteiger charge is 2.11. The zero-order chi connectivity index (χ0) is 23.6. The first-order valence-electron chi connectivity index (χ1n) is 10.9. The first-order valence-corrected chi connectivity index (χ1v) is 10.9. The summed E-state index contributed by atoms with van der Waals surface area (Å²) in [5.74, 6) is 1.34. The van der Waals surface area contributed by atoms with Gasteiger partial charge in [-0.2, -0.15) is 0 Å². The Bertz CT molecular complexity index is 1080. The van der Waals surface area contributed by atoms with Crippen molar-refractivity contribution in [1.29, 1.82) is 0 Å². The molecule has 1 aromatic heterocycles. The third-order valence-electron chi connectivity index (χ3n) is 4.94. The third-order valence-corrected chi connectivity index (χ3v) is 4.94. The first kappa shape index (κ1) is 23.8. The van der Waals surface area contributed by atoms with Crippen molar-refractivity contribution in [2.75, 3.05) is 19.0 Å². The summed E-state index contributed by atoms with van der Waals surface area (Å²) >= 11 is 0. The predicted molar refractivity (Wildman–Crippen MR) is 128 cm³/mol. The number of hydrogen-bond donors (Lipinski definition) is 2. The van der Waals surface area contributed by atoms with Crippen molar-refractivity contribution < 1.29 is 19.1 Å². The number of rotatable bonds is 10. The largest absolute Gasteiger partial charge is 0.493 e. The van der Waals surface area contributed by atoms with Gasteiger partial charge < -0.3 is 20.1 Å². The van der Waals surface area contributed by atoms with E-state index in [0.717, 1.165) is 12.0 Å². The minimum absolute atomic E-state index is 0.247. The molecular weight excluding hydrogens is 418 g/mol. The van der Waals surface area contributed by atoms with Crippen molar-refractivity contribution in [1.82, 2.24) is 10.3 Å². The Morgan fingerprint density at radius 2 is 1.79 bits per heavy atom. The highest BCUT2D eigenvalue weighted by Crippen LogP contribution is 2.28. The molecule has 0 saturated heterocycles. The summed E-state index contributed by atoms with van der Waals surface area (Å²) in [6, 6.07) is 15.8. The van der Waals surface area contributed by atoms with E-state index in [2.05, 4.69) is 29.5 Å². The van der Waals surface area contributed by atoms with Crippen molar-refractivity contribution in [3.05, 3.63) is 83.7 Å². The minimum atomic E-state index is -0.288. The number of anilines is 1. The molecule has 3 rings (SSSR count). The summed E-state index contributed by atoms with van der Waals surface area (Å²) in [7, 11) is 1.60. The van der Waals surface area contributed by atoms with Crippen molar-refractivity contribution >= 4 is 17.5 Å². The first-order chi connectivity index (χ1) is 16.0. The van der Waals surface area contributed by atoms with Crippen LogP contribution in [0.15, 0.2) is 67.0 Å². The second-order valence-corrected chi connectivity index (χ2v) is 7.98. The van der Waals surface area contributed by atoms with E-state index in [1.165, 1.54) is 6.20 Å². The van der Waals surface area contributed by atoms with E-state index in [0.29, 0.717) is 47.4 Å². The van der Waals surface area contributed by atoms with Gasteiger partial charge in [0, 0.05) is 30.2 Å². The number of amides is 2. The molecule has 0 aliphatic heterocycles. The Kier molecular flexibility index (Phi) is 8.41. The van der Waals surface area contributed by atoms with E-state index in [1.54, 1.807) is 49.7 Å². The van der Waals surface area contributed by atoms with E-state index in [1.807, 2.05) is 18.2 Å². The van der Waals surface area contributed by atoms with Crippen LogP contribution in [0.25, 0.3) is 0 Å². The Labute approximate surface area is 194 Å². The number of nitrogens with one attached hydrogen (secondary N) is 2. The van der Waals surface area contributed by atoms with Crippen LogP contribution in [0.2, 0.25) is 0 Å². The highest BCUT2D eigenvalue weighted by atomic mass is 16.5. The van der Waals surface area contributed by atoms with Crippen LogP contribution in [0.4, 0.5) is 5.69 Å². The van der Waals surface area contributed by atoms with E-state index in [-0.39, 0.29) is 11.8 Å². The van der Waals surface area contributed by atoms with Gasteiger partial charge in [0.2, 0.25) is 0 Å². The monoisotopic (exact) mass is 447 g/mol. The number of methoxy groups -OCH3 is 1. The lowest BCUT2D eigenvalue weighted by Crippen LogP contribution is -2.23. The fourth-order valence-electron chi connectivity index (χ4n) is 3.07. The molecule has 33 heavy (non-hydrogen) atoms. The molecule has 0 radical (unpaired) electrons. The molecule has 172 valence electrons. The molecule has 0 aliphatic rings. The number of ether oxygens (including phenoxy) is 2. The van der Waals surface area contributed by atoms with Crippen molar-refractivity contribution in [2.24, 2.45) is 5.92 Å². The molecule has 0 fully saturated rings. The summed E-state index contributed by atoms with van der Waals surface area (Å²) in [4.78, 5) is 28.9. The predicted octanol–water partition coefficient (Wildman–Crippen LogP) is 4.70. The van der Waals surface area contributed by atoms with Gasteiger partial charge in [0.1, 0.15) is 0 Å². The van der Waals surface area contributed by atoms with Gasteiger partial charge in [-0.15, -0.1) is 0 Å². The molecule has 3 aromatic rings. The number of nitrogens with zero attached hydrogens (tertiary/aromatic N) is 1. The quantitative estimate of drug-likeness (QED) is 0.470. The molecule has 0 atom stereocenters. The van der Waals surface area contributed by atoms with Gasteiger partial charge >= 0.3 is 0 Å². The summed E-state index contributed by atoms with van der Waals surface area (Å²) in [5.41, 5.74) is 2.30. The lowest BCUT2D eigenvalue weighted by molar-refractivity contribution is 0.0949. The standard InChI is InChI=1S/C26H29N3O4/c1-18(2)11-13-33-23-10-9-19(14-24(23)32-3)16-28-25(30)20-6-4-8-22(15-20)29-26(31)21-7-5-12-27-17-21/h4-10,12,14-15,17-18H,11,13,16H2,1-3H3,(H,28,30)(H,29,31). The van der Waals surface area contributed by atoms with Crippen LogP contribution in [-0.4, -0.2) is 30.5 Å². The van der Waals surface area contributed by atoms with Crippen LogP contribution < -0.4 is 20.1 Å². The van der Waals surface area contributed by atoms with E-state index in [4.69, 9.17) is 9.47 Å². The lowest BCUT2D eigenvalue weighted by atomic mass is 10.1. The molecule has 7 nitrogen and oxygen atoms in total. The molecule has 2 amide bonds. The summed E-state index contributed by atoms with van der Waals surface area (Å²) in [6.07, 6.45) is 4.05. The van der Waals surface area contributed by atoms with E-state index >= 15 is 0 Å². The number of aromatic nitrogens is 1. The second-order valence-electron chi connectivity index (χ2n) is 7.98. The molecule has 0 spiro atoms. The maximum atomic E-state index is 12.7. The van der Waals surface area contributed by atoms with Gasteiger partial charge in [0.25, 0.3) is 11.8 Å². The fourth-order valence-corrected chi connectivity index (χ4v) is 3.07. The van der Waals surface area contributed by atoms with E-state index in [9.17, 15) is 9.59 Å². The zero-order valence-corrected chi connectivity index (χ0v) is 19.1. The number of pyridine rings is 1. The van der Waals surface area contributed by atoms with Crippen molar-refractivity contribution in [2.45, 2.75) is 26.8 Å². The highest BCUT2D eigenvalue weighted by molar-refractivity contribution is 6.04. The van der Waals surface area contributed by atoms with Crippen molar-refractivity contribution in [3.63, 3.8) is 0 Å². The average Bonchev–Trinajstić information content (AvgIpc) is 2.83. The van der Waals surface area contributed by atoms with Crippen LogP contribution in [0.3, 0.4) is 0 Å². The van der Waals surface area contributed by atoms with Gasteiger partial charge in [-0.3, -0.25) is 14.6 Å². The van der Waals surface area contributed by atoms with Crippen LogP contribution in [-0.2, 0) is 6.54 Å². The Balaban J connectivity index is 1.59. The van der Waals surface area contributed by atoms with Gasteiger partial charge in [-0.1, -0.05) is 26.0 Å². The molecule has 2 N–H and O–H groups in total. The van der Waals surface area contributed by atoms with Gasteiger partial charge in [0.15, 0.2) is 11.5 Å². The number of carbonyl (C=O) groups excluding carboxylic acids is 2. The van der Waals surface area contributed by atoms with Gasteiger partial charge in [-0.25, -0.2) is 0 Å². The maximum absolute atomic E-state index is 12.7. The van der Waals surface area contributed by atoms with Crippen LogP contribution in [0, 0.1) is 5.92 Å². The van der Waals surface area contributed by atoms with Crippen LogP contribution in [0.1, 0.15) is 46.5 Å². The SMILES string of the molecule is COc1cc(CNC(=O)c2cccc(NC(=O)c3cccnc3)c2)ccc1OCCC(C)C. The molecule has 1 heterocycles. The Hall–Kier alpha value is -3.87. The molecule has 0 bridgehead atoms. The average molecular weight is 448 g/mol. The summed E-state index contributed by atoms with van der Waals surface area (Å²) in [6.45, 7) is 5.25. The molecular formula is C26H29N3O4. The number of carbonyl (C=O) groups is 2. The van der Waals surface area contributed by atoms with Crippen LogP contribution >= 0.6 is 0 Å². The Morgan fingerprint density at radius 1 is 0.970 bits per heavy atom. The fraction of sp³-hybridized carbons (Fsp3) is 0.269. The molecule has 0 aliphatic carbocycles. The zero-order valence-electron chi connectivity index (χ0n) is 19.1. The normalized spacial score (nSPS) is 10.5. The molecule has 0 unspecified atom stereocenters. The molecule has 2 aromatic carbocycles. The smallest absolute Gasteiger partial charge is 0.257 e. The summed E-state index contributed by atoms with van der Waals surface area (Å²) < 4.78 is 11.3. The topological polar surface area (TPSA) is 89.6 Å². The van der Waals surface area contributed by atoms with E-state index < -0.39 is 0 Å². The lowest BCUT2D eigenvalue weighted by Gasteiger charge is -2.13. The second kappa shape index (κ2) is 11.7. The summed E-state index contributed by atoms with van der Waals surface area (Å²) in [5, 5.41) is 5.68. The Morgan fingerprint density at radius 3 is 2.52 bits per heavy atom. The van der Waals surface area contributed by atoms with Crippen molar-refractivity contribution in [3.8, 4) is 11.5 Å².